The van der Waals surface area contributed by atoms with Crippen LogP contribution in [-0.2, 0) is 9.53 Å². The highest BCUT2D eigenvalue weighted by Gasteiger charge is 2.52. The maximum absolute atomic E-state index is 11.6. The van der Waals surface area contributed by atoms with Crippen molar-refractivity contribution in [2.24, 2.45) is 11.8 Å². The van der Waals surface area contributed by atoms with E-state index in [1.165, 1.54) is 19.3 Å². The zero-order valence-electron chi connectivity index (χ0n) is 9.71. The molecule has 2 unspecified atom stereocenters. The van der Waals surface area contributed by atoms with Crippen molar-refractivity contribution in [1.82, 2.24) is 0 Å². The molecule has 0 N–H and O–H groups in total. The van der Waals surface area contributed by atoms with E-state index in [9.17, 15) is 4.79 Å². The maximum Gasteiger partial charge on any atom is 0.333 e. The van der Waals surface area contributed by atoms with Crippen LogP contribution in [0.25, 0.3) is 0 Å². The lowest BCUT2D eigenvalue weighted by Gasteiger charge is -2.36. The first-order valence-electron chi connectivity index (χ1n) is 5.96. The van der Waals surface area contributed by atoms with Gasteiger partial charge in [0.2, 0.25) is 0 Å². The van der Waals surface area contributed by atoms with Crippen molar-refractivity contribution < 1.29 is 9.53 Å². The molecule has 0 aromatic rings. The zero-order valence-corrected chi connectivity index (χ0v) is 9.71. The SMILES string of the molecule is C=C(C)C(=O)O[C@@]1(CC)CC2CCC1C2. The van der Waals surface area contributed by atoms with E-state index in [2.05, 4.69) is 13.5 Å². The van der Waals surface area contributed by atoms with Gasteiger partial charge in [-0.3, -0.25) is 0 Å². The highest BCUT2D eigenvalue weighted by Crippen LogP contribution is 2.54. The Hall–Kier alpha value is -0.790. The van der Waals surface area contributed by atoms with Gasteiger partial charge in [0, 0.05) is 5.57 Å². The fourth-order valence-corrected chi connectivity index (χ4v) is 3.30. The van der Waals surface area contributed by atoms with Crippen molar-refractivity contribution in [3.8, 4) is 0 Å². The number of fused-ring (bicyclic) bond motifs is 2. The average molecular weight is 208 g/mol. The van der Waals surface area contributed by atoms with E-state index in [0.717, 1.165) is 18.8 Å². The van der Waals surface area contributed by atoms with Crippen LogP contribution in [0.3, 0.4) is 0 Å². The monoisotopic (exact) mass is 208 g/mol. The summed E-state index contributed by atoms with van der Waals surface area (Å²) in [4.78, 5) is 11.6. The van der Waals surface area contributed by atoms with E-state index in [1.807, 2.05) is 0 Å². The second-order valence-corrected chi connectivity index (χ2v) is 5.17. The molecular weight excluding hydrogens is 188 g/mol. The van der Waals surface area contributed by atoms with Crippen LogP contribution in [0.15, 0.2) is 12.2 Å². The van der Waals surface area contributed by atoms with E-state index >= 15 is 0 Å². The van der Waals surface area contributed by atoms with Crippen LogP contribution in [0.4, 0.5) is 0 Å². The normalized spacial score (nSPS) is 38.0. The van der Waals surface area contributed by atoms with Gasteiger partial charge < -0.3 is 4.74 Å². The topological polar surface area (TPSA) is 26.3 Å². The maximum atomic E-state index is 11.6. The first kappa shape index (κ1) is 10.7. The first-order chi connectivity index (χ1) is 7.07. The summed E-state index contributed by atoms with van der Waals surface area (Å²) < 4.78 is 5.70. The van der Waals surface area contributed by atoms with Gasteiger partial charge in [0.1, 0.15) is 5.60 Å². The third kappa shape index (κ3) is 1.70. The summed E-state index contributed by atoms with van der Waals surface area (Å²) >= 11 is 0. The van der Waals surface area contributed by atoms with Gasteiger partial charge in [-0.15, -0.1) is 0 Å². The Morgan fingerprint density at radius 3 is 2.67 bits per heavy atom. The Labute approximate surface area is 91.7 Å². The number of hydrogen-bond acceptors (Lipinski definition) is 2. The number of ether oxygens (including phenoxy) is 1. The van der Waals surface area contributed by atoms with Crippen LogP contribution < -0.4 is 0 Å². The van der Waals surface area contributed by atoms with Crippen LogP contribution in [0.1, 0.15) is 46.0 Å². The minimum Gasteiger partial charge on any atom is -0.455 e. The average Bonchev–Trinajstić information content (AvgIpc) is 2.77. The molecule has 84 valence electrons. The van der Waals surface area contributed by atoms with E-state index in [1.54, 1.807) is 6.92 Å². The summed E-state index contributed by atoms with van der Waals surface area (Å²) in [6, 6.07) is 0. The molecule has 0 amide bonds. The fraction of sp³-hybridized carbons (Fsp3) is 0.769. The molecule has 0 heterocycles. The van der Waals surface area contributed by atoms with Gasteiger partial charge in [0.25, 0.3) is 0 Å². The van der Waals surface area contributed by atoms with Crippen LogP contribution >= 0.6 is 0 Å². The number of carbonyl (C=O) groups is 1. The Bertz CT molecular complexity index is 295. The molecule has 2 rings (SSSR count). The quantitative estimate of drug-likeness (QED) is 0.526. The second kappa shape index (κ2) is 3.66. The van der Waals surface area contributed by atoms with Gasteiger partial charge in [-0.1, -0.05) is 13.5 Å². The molecule has 2 nitrogen and oxygen atoms in total. The number of rotatable bonds is 3. The Morgan fingerprint density at radius 1 is 1.53 bits per heavy atom. The van der Waals surface area contributed by atoms with E-state index < -0.39 is 0 Å². The fourth-order valence-electron chi connectivity index (χ4n) is 3.30. The second-order valence-electron chi connectivity index (χ2n) is 5.17. The lowest BCUT2D eigenvalue weighted by Crippen LogP contribution is -2.40. The molecule has 2 fully saturated rings. The van der Waals surface area contributed by atoms with Crippen LogP contribution in [0.2, 0.25) is 0 Å². The molecule has 15 heavy (non-hydrogen) atoms. The smallest absolute Gasteiger partial charge is 0.333 e. The summed E-state index contributed by atoms with van der Waals surface area (Å²) in [5.41, 5.74) is 0.365. The molecule has 3 atom stereocenters. The molecule has 0 spiro atoms. The van der Waals surface area contributed by atoms with Gasteiger partial charge in [-0.05, 0) is 50.9 Å². The largest absolute Gasteiger partial charge is 0.455 e. The van der Waals surface area contributed by atoms with E-state index in [4.69, 9.17) is 4.74 Å². The van der Waals surface area contributed by atoms with Gasteiger partial charge >= 0.3 is 5.97 Å². The van der Waals surface area contributed by atoms with Gasteiger partial charge in [0.15, 0.2) is 0 Å². The summed E-state index contributed by atoms with van der Waals surface area (Å²) in [6.45, 7) is 7.50. The summed E-state index contributed by atoms with van der Waals surface area (Å²) in [5, 5.41) is 0. The zero-order chi connectivity index (χ0) is 11.1. The van der Waals surface area contributed by atoms with Crippen LogP contribution in [-0.4, -0.2) is 11.6 Å². The van der Waals surface area contributed by atoms with Crippen LogP contribution in [0, 0.1) is 11.8 Å². The van der Waals surface area contributed by atoms with Crippen LogP contribution in [0.5, 0.6) is 0 Å². The molecule has 2 heteroatoms. The van der Waals surface area contributed by atoms with Gasteiger partial charge in [-0.25, -0.2) is 4.79 Å². The molecule has 2 saturated carbocycles. The number of esters is 1. The summed E-state index contributed by atoms with van der Waals surface area (Å²) in [7, 11) is 0. The molecule has 0 radical (unpaired) electrons. The molecule has 2 aliphatic rings. The third-order valence-corrected chi connectivity index (χ3v) is 4.16. The van der Waals surface area contributed by atoms with Gasteiger partial charge in [-0.2, -0.15) is 0 Å². The lowest BCUT2D eigenvalue weighted by molar-refractivity contribution is -0.161. The van der Waals surface area contributed by atoms with Crippen molar-refractivity contribution in [1.29, 1.82) is 0 Å². The summed E-state index contributed by atoms with van der Waals surface area (Å²) in [6.07, 6.45) is 5.86. The van der Waals surface area contributed by atoms with Gasteiger partial charge in [0.05, 0.1) is 0 Å². The van der Waals surface area contributed by atoms with Crippen molar-refractivity contribution in [3.63, 3.8) is 0 Å². The molecular formula is C13H20O2. The molecule has 0 aliphatic heterocycles. The predicted molar refractivity (Wildman–Crippen MR) is 59.4 cm³/mol. The van der Waals surface area contributed by atoms with Crippen molar-refractivity contribution in [2.45, 2.75) is 51.6 Å². The standard InChI is InChI=1S/C13H20O2/c1-4-13(15-12(14)9(2)3)8-10-5-6-11(13)7-10/h10-11H,2,4-8H2,1,3H3/t10?,11?,13-/m0/s1. The highest BCUT2D eigenvalue weighted by atomic mass is 16.6. The van der Waals surface area contributed by atoms with Crippen molar-refractivity contribution >= 4 is 5.97 Å². The van der Waals surface area contributed by atoms with E-state index in [0.29, 0.717) is 11.5 Å². The molecule has 0 aromatic heterocycles. The first-order valence-corrected chi connectivity index (χ1v) is 5.96. The highest BCUT2D eigenvalue weighted by molar-refractivity contribution is 5.87. The van der Waals surface area contributed by atoms with Crippen molar-refractivity contribution in [2.75, 3.05) is 0 Å². The Balaban J connectivity index is 2.10. The number of hydrogen-bond donors (Lipinski definition) is 0. The van der Waals surface area contributed by atoms with E-state index in [-0.39, 0.29) is 11.6 Å². The van der Waals surface area contributed by atoms with Crippen molar-refractivity contribution in [3.05, 3.63) is 12.2 Å². The molecule has 0 saturated heterocycles. The lowest BCUT2D eigenvalue weighted by atomic mass is 9.82. The minimum absolute atomic E-state index is 0.154. The minimum atomic E-state index is -0.204. The predicted octanol–water partition coefficient (Wildman–Crippen LogP) is 3.07. The Kier molecular flexibility index (Phi) is 2.61. The molecule has 0 aromatic carbocycles. The molecule has 2 aliphatic carbocycles. The molecule has 2 bridgehead atoms. The third-order valence-electron chi connectivity index (χ3n) is 4.16. The Morgan fingerprint density at radius 2 is 2.27 bits per heavy atom. The number of carbonyl (C=O) groups excluding carboxylic acids is 1. The summed E-state index contributed by atoms with van der Waals surface area (Å²) in [5.74, 6) is 1.20.